The van der Waals surface area contributed by atoms with E-state index in [4.69, 9.17) is 0 Å². The number of nitrogens with zero attached hydrogens (tertiary/aromatic N) is 1. The van der Waals surface area contributed by atoms with Crippen LogP contribution < -0.4 is 4.90 Å². The van der Waals surface area contributed by atoms with Crippen molar-refractivity contribution in [2.24, 2.45) is 0 Å². The molecule has 0 unspecified atom stereocenters. The molecule has 0 bridgehead atoms. The average Bonchev–Trinajstić information content (AvgIpc) is 3.61. The molecular weight excluding hydrogens is 587 g/mol. The molecule has 1 aromatic heterocycles. The van der Waals surface area contributed by atoms with Gasteiger partial charge in [0.15, 0.2) is 0 Å². The molecule has 2 heteroatoms. The van der Waals surface area contributed by atoms with Crippen molar-refractivity contribution in [3.8, 4) is 33.4 Å². The second-order valence-corrected chi connectivity index (χ2v) is 14.0. The number of thiophene rings is 1. The lowest BCUT2D eigenvalue weighted by molar-refractivity contribution is 0.660. The van der Waals surface area contributed by atoms with Crippen LogP contribution in [0.4, 0.5) is 17.1 Å². The molecule has 7 aromatic carbocycles. The Kier molecular flexibility index (Phi) is 6.41. The van der Waals surface area contributed by atoms with Gasteiger partial charge in [-0.1, -0.05) is 129 Å². The molecule has 0 aliphatic heterocycles. The van der Waals surface area contributed by atoms with E-state index in [-0.39, 0.29) is 5.41 Å². The van der Waals surface area contributed by atoms with E-state index < -0.39 is 0 Å². The zero-order valence-electron chi connectivity index (χ0n) is 26.4. The van der Waals surface area contributed by atoms with Crippen molar-refractivity contribution in [2.45, 2.75) is 19.3 Å². The SMILES string of the molecule is CC1(C)c2ccccc2-c2c(-c3ccccc3N(c3ccccc3)c3ccc(-c4ccc5sc6ccccc6c5c4)cc3)cccc21. The number of hydrogen-bond donors (Lipinski definition) is 0. The fourth-order valence-corrected chi connectivity index (χ4v) is 8.67. The van der Waals surface area contributed by atoms with Gasteiger partial charge in [-0.15, -0.1) is 11.3 Å². The molecule has 0 amide bonds. The van der Waals surface area contributed by atoms with Crippen LogP contribution in [0.5, 0.6) is 0 Å². The third kappa shape index (κ3) is 4.44. The highest BCUT2D eigenvalue weighted by Crippen LogP contribution is 2.53. The van der Waals surface area contributed by atoms with Crippen LogP contribution in [-0.4, -0.2) is 0 Å². The first-order valence-corrected chi connectivity index (χ1v) is 17.1. The largest absolute Gasteiger partial charge is 0.310 e. The highest BCUT2D eigenvalue weighted by Gasteiger charge is 2.37. The van der Waals surface area contributed by atoms with Crippen molar-refractivity contribution in [3.63, 3.8) is 0 Å². The zero-order valence-corrected chi connectivity index (χ0v) is 27.3. The first kappa shape index (κ1) is 27.8. The summed E-state index contributed by atoms with van der Waals surface area (Å²) in [5.41, 5.74) is 13.8. The van der Waals surface area contributed by atoms with Crippen LogP contribution >= 0.6 is 11.3 Å². The Bertz CT molecular complexity index is 2430. The molecule has 47 heavy (non-hydrogen) atoms. The molecule has 0 radical (unpaired) electrons. The van der Waals surface area contributed by atoms with Gasteiger partial charge in [0.05, 0.1) is 5.69 Å². The average molecular weight is 620 g/mol. The summed E-state index contributed by atoms with van der Waals surface area (Å²) in [7, 11) is 0. The van der Waals surface area contributed by atoms with E-state index in [2.05, 4.69) is 183 Å². The summed E-state index contributed by atoms with van der Waals surface area (Å²) in [6.07, 6.45) is 0. The van der Waals surface area contributed by atoms with Crippen LogP contribution in [0.1, 0.15) is 25.0 Å². The smallest absolute Gasteiger partial charge is 0.0540 e. The van der Waals surface area contributed by atoms with E-state index in [1.807, 2.05) is 11.3 Å². The highest BCUT2D eigenvalue weighted by molar-refractivity contribution is 7.25. The Morgan fingerprint density at radius 1 is 0.447 bits per heavy atom. The lowest BCUT2D eigenvalue weighted by atomic mass is 9.82. The Morgan fingerprint density at radius 2 is 1.06 bits per heavy atom. The summed E-state index contributed by atoms with van der Waals surface area (Å²) in [6.45, 7) is 4.70. The molecule has 0 N–H and O–H groups in total. The third-order valence-corrected chi connectivity index (χ3v) is 11.0. The molecule has 0 saturated carbocycles. The molecule has 0 spiro atoms. The molecule has 1 nitrogen and oxygen atoms in total. The van der Waals surface area contributed by atoms with Gasteiger partial charge in [0.25, 0.3) is 0 Å². The number of benzene rings is 7. The van der Waals surface area contributed by atoms with E-state index in [0.717, 1.165) is 17.1 Å². The Labute approximate surface area is 280 Å². The van der Waals surface area contributed by atoms with Gasteiger partial charge in [-0.3, -0.25) is 0 Å². The summed E-state index contributed by atoms with van der Waals surface area (Å²) >= 11 is 1.86. The highest BCUT2D eigenvalue weighted by atomic mass is 32.1. The molecule has 0 saturated heterocycles. The quantitative estimate of drug-likeness (QED) is 0.185. The maximum absolute atomic E-state index is 2.40. The lowest BCUT2D eigenvalue weighted by Gasteiger charge is -2.28. The van der Waals surface area contributed by atoms with E-state index in [1.54, 1.807) is 0 Å². The van der Waals surface area contributed by atoms with Gasteiger partial charge in [-0.25, -0.2) is 0 Å². The molecule has 1 aliphatic carbocycles. The van der Waals surface area contributed by atoms with Crippen molar-refractivity contribution in [1.29, 1.82) is 0 Å². The summed E-state index contributed by atoms with van der Waals surface area (Å²) in [6, 6.07) is 60.0. The second-order valence-electron chi connectivity index (χ2n) is 12.9. The maximum atomic E-state index is 2.40. The minimum Gasteiger partial charge on any atom is -0.310 e. The molecule has 9 rings (SSSR count). The number of fused-ring (bicyclic) bond motifs is 6. The van der Waals surface area contributed by atoms with E-state index in [9.17, 15) is 0 Å². The third-order valence-electron chi connectivity index (χ3n) is 9.89. The summed E-state index contributed by atoms with van der Waals surface area (Å²) < 4.78 is 2.67. The van der Waals surface area contributed by atoms with Gasteiger partial charge in [0.2, 0.25) is 0 Å². The van der Waals surface area contributed by atoms with Crippen LogP contribution in [-0.2, 0) is 5.41 Å². The fraction of sp³-hybridized carbons (Fsp3) is 0.0667. The molecule has 0 atom stereocenters. The summed E-state index contributed by atoms with van der Waals surface area (Å²) in [5, 5.41) is 2.66. The van der Waals surface area contributed by atoms with Crippen LogP contribution in [0.3, 0.4) is 0 Å². The first-order chi connectivity index (χ1) is 23.1. The lowest BCUT2D eigenvalue weighted by Crippen LogP contribution is -2.14. The minimum atomic E-state index is -0.0514. The molecule has 1 heterocycles. The molecule has 0 fully saturated rings. The van der Waals surface area contributed by atoms with E-state index in [0.29, 0.717) is 0 Å². The van der Waals surface area contributed by atoms with Gasteiger partial charge >= 0.3 is 0 Å². The van der Waals surface area contributed by atoms with Crippen LogP contribution in [0, 0.1) is 0 Å². The number of rotatable bonds is 5. The molecule has 8 aromatic rings. The van der Waals surface area contributed by atoms with Crippen LogP contribution in [0.15, 0.2) is 164 Å². The normalized spacial score (nSPS) is 13.1. The molecule has 1 aliphatic rings. The predicted octanol–water partition coefficient (Wildman–Crippen LogP) is 13.2. The van der Waals surface area contributed by atoms with Crippen LogP contribution in [0.25, 0.3) is 53.6 Å². The number of hydrogen-bond acceptors (Lipinski definition) is 2. The van der Waals surface area contributed by atoms with Crippen molar-refractivity contribution < 1.29 is 0 Å². The number of anilines is 3. The van der Waals surface area contributed by atoms with Gasteiger partial charge in [-0.2, -0.15) is 0 Å². The van der Waals surface area contributed by atoms with Gasteiger partial charge in [-0.05, 0) is 87.5 Å². The molecule has 224 valence electrons. The number of para-hydroxylation sites is 2. The van der Waals surface area contributed by atoms with Crippen molar-refractivity contribution in [1.82, 2.24) is 0 Å². The predicted molar refractivity (Wildman–Crippen MR) is 202 cm³/mol. The van der Waals surface area contributed by atoms with Crippen molar-refractivity contribution in [3.05, 3.63) is 175 Å². The van der Waals surface area contributed by atoms with Gasteiger partial charge < -0.3 is 4.90 Å². The first-order valence-electron chi connectivity index (χ1n) is 16.3. The molecular formula is C45H33NS. The van der Waals surface area contributed by atoms with Gasteiger partial charge in [0.1, 0.15) is 0 Å². The van der Waals surface area contributed by atoms with Gasteiger partial charge in [0, 0.05) is 42.5 Å². The van der Waals surface area contributed by atoms with Crippen molar-refractivity contribution >= 4 is 48.6 Å². The van der Waals surface area contributed by atoms with E-state index in [1.165, 1.54) is 64.7 Å². The Morgan fingerprint density at radius 3 is 1.91 bits per heavy atom. The van der Waals surface area contributed by atoms with Crippen molar-refractivity contribution in [2.75, 3.05) is 4.90 Å². The summed E-state index contributed by atoms with van der Waals surface area (Å²) in [4.78, 5) is 2.40. The maximum Gasteiger partial charge on any atom is 0.0540 e. The monoisotopic (exact) mass is 619 g/mol. The second kappa shape index (κ2) is 10.8. The van der Waals surface area contributed by atoms with E-state index >= 15 is 0 Å². The summed E-state index contributed by atoms with van der Waals surface area (Å²) in [5.74, 6) is 0. The zero-order chi connectivity index (χ0) is 31.5. The minimum absolute atomic E-state index is 0.0514. The Hall–Kier alpha value is -5.44. The standard InChI is InChI=1S/C45H33NS/c1-45(2)39-19-9-6-17-37(39)44-36(18-12-20-40(44)45)34-15-7-10-21-41(34)46(32-13-4-3-5-14-32)33-26-23-30(24-27-33)31-25-28-43-38(29-31)35-16-8-11-22-42(35)47-43/h3-29H,1-2H3. The van der Waals surface area contributed by atoms with Crippen LogP contribution in [0.2, 0.25) is 0 Å². The topological polar surface area (TPSA) is 3.24 Å². The Balaban J connectivity index is 1.18. The fourth-order valence-electron chi connectivity index (χ4n) is 7.59.